The lowest BCUT2D eigenvalue weighted by Crippen LogP contribution is -2.36. The minimum atomic E-state index is -0.432. The summed E-state index contributed by atoms with van der Waals surface area (Å²) in [6.07, 6.45) is 2.85. The van der Waals surface area contributed by atoms with Crippen LogP contribution in [0.2, 0.25) is 0 Å². The van der Waals surface area contributed by atoms with E-state index in [-0.39, 0.29) is 17.4 Å². The summed E-state index contributed by atoms with van der Waals surface area (Å²) >= 11 is 0. The van der Waals surface area contributed by atoms with E-state index >= 15 is 0 Å². The zero-order valence-electron chi connectivity index (χ0n) is 13.1. The second kappa shape index (κ2) is 7.45. The smallest absolute Gasteiger partial charge is 0.267 e. The molecule has 0 unspecified atom stereocenters. The van der Waals surface area contributed by atoms with Crippen LogP contribution in [0, 0.1) is 24.2 Å². The molecule has 23 heavy (non-hydrogen) atoms. The molecule has 2 rings (SSSR count). The summed E-state index contributed by atoms with van der Waals surface area (Å²) < 4.78 is 0. The molecule has 0 aromatic heterocycles. The van der Waals surface area contributed by atoms with Crippen LogP contribution in [-0.4, -0.2) is 29.8 Å². The summed E-state index contributed by atoms with van der Waals surface area (Å²) in [6.45, 7) is 3.10. The molecule has 0 bridgehead atoms. The van der Waals surface area contributed by atoms with E-state index in [1.807, 2.05) is 36.1 Å². The van der Waals surface area contributed by atoms with Crippen molar-refractivity contribution in [2.75, 3.05) is 18.4 Å². The number of benzene rings is 1. The SMILES string of the molecule is Cc1ccccc1NC(=O)/C(C#N)=C\N1CCC(C(N)=O)CC1. The zero-order chi connectivity index (χ0) is 16.8. The van der Waals surface area contributed by atoms with Gasteiger partial charge in [0, 0.05) is 30.9 Å². The Hall–Kier alpha value is -2.81. The highest BCUT2D eigenvalue weighted by molar-refractivity contribution is 6.06. The summed E-state index contributed by atoms with van der Waals surface area (Å²) in [6, 6.07) is 9.33. The lowest BCUT2D eigenvalue weighted by molar-refractivity contribution is -0.123. The van der Waals surface area contributed by atoms with E-state index in [1.54, 1.807) is 12.3 Å². The van der Waals surface area contributed by atoms with Crippen molar-refractivity contribution in [2.45, 2.75) is 19.8 Å². The number of nitriles is 1. The maximum atomic E-state index is 12.2. The normalized spacial score (nSPS) is 15.8. The quantitative estimate of drug-likeness (QED) is 0.650. The summed E-state index contributed by atoms with van der Waals surface area (Å²) in [5, 5.41) is 12.0. The maximum absolute atomic E-state index is 12.2. The van der Waals surface area contributed by atoms with Gasteiger partial charge in [0.1, 0.15) is 11.6 Å². The van der Waals surface area contributed by atoms with Gasteiger partial charge in [0.25, 0.3) is 5.91 Å². The molecule has 0 saturated carbocycles. The van der Waals surface area contributed by atoms with Crippen molar-refractivity contribution in [3.05, 3.63) is 41.6 Å². The Labute approximate surface area is 135 Å². The number of anilines is 1. The van der Waals surface area contributed by atoms with Gasteiger partial charge in [-0.1, -0.05) is 18.2 Å². The second-order valence-corrected chi connectivity index (χ2v) is 5.64. The molecule has 3 N–H and O–H groups in total. The molecular formula is C17H20N4O2. The number of hydrogen-bond donors (Lipinski definition) is 2. The number of likely N-dealkylation sites (tertiary alicyclic amines) is 1. The van der Waals surface area contributed by atoms with Crippen LogP contribution in [0.5, 0.6) is 0 Å². The molecule has 120 valence electrons. The van der Waals surface area contributed by atoms with E-state index in [9.17, 15) is 14.9 Å². The molecule has 1 aliphatic heterocycles. The fourth-order valence-corrected chi connectivity index (χ4v) is 2.54. The van der Waals surface area contributed by atoms with Gasteiger partial charge in [-0.15, -0.1) is 0 Å². The highest BCUT2D eigenvalue weighted by Crippen LogP contribution is 2.18. The first-order valence-corrected chi connectivity index (χ1v) is 7.53. The Morgan fingerprint density at radius 1 is 1.35 bits per heavy atom. The van der Waals surface area contributed by atoms with Crippen LogP contribution in [-0.2, 0) is 9.59 Å². The van der Waals surface area contributed by atoms with Crippen LogP contribution in [0.4, 0.5) is 5.69 Å². The maximum Gasteiger partial charge on any atom is 0.267 e. The average molecular weight is 312 g/mol. The Kier molecular flexibility index (Phi) is 5.36. The molecule has 1 saturated heterocycles. The van der Waals surface area contributed by atoms with Gasteiger partial charge < -0.3 is 16.0 Å². The van der Waals surface area contributed by atoms with E-state index in [0.29, 0.717) is 31.6 Å². The minimum absolute atomic E-state index is 0.0470. The molecule has 2 amide bonds. The first kappa shape index (κ1) is 16.6. The topological polar surface area (TPSA) is 99.2 Å². The van der Waals surface area contributed by atoms with Crippen molar-refractivity contribution >= 4 is 17.5 Å². The Morgan fingerprint density at radius 3 is 2.57 bits per heavy atom. The van der Waals surface area contributed by atoms with E-state index in [2.05, 4.69) is 5.32 Å². The third-order valence-electron chi connectivity index (χ3n) is 4.00. The molecule has 0 aliphatic carbocycles. The summed E-state index contributed by atoms with van der Waals surface area (Å²) in [5.41, 5.74) is 6.96. The first-order valence-electron chi connectivity index (χ1n) is 7.53. The number of piperidine rings is 1. The van der Waals surface area contributed by atoms with Gasteiger partial charge in [-0.3, -0.25) is 9.59 Å². The predicted octanol–water partition coefficient (Wildman–Crippen LogP) is 1.54. The van der Waals surface area contributed by atoms with Crippen molar-refractivity contribution in [1.29, 1.82) is 5.26 Å². The van der Waals surface area contributed by atoms with Crippen LogP contribution >= 0.6 is 0 Å². The van der Waals surface area contributed by atoms with E-state index in [4.69, 9.17) is 5.73 Å². The van der Waals surface area contributed by atoms with Gasteiger partial charge in [-0.05, 0) is 31.4 Å². The summed E-state index contributed by atoms with van der Waals surface area (Å²) in [7, 11) is 0. The molecule has 0 atom stereocenters. The Morgan fingerprint density at radius 2 is 2.00 bits per heavy atom. The van der Waals surface area contributed by atoms with Crippen LogP contribution in [0.1, 0.15) is 18.4 Å². The van der Waals surface area contributed by atoms with Gasteiger partial charge in [0.2, 0.25) is 5.91 Å². The van der Waals surface area contributed by atoms with Gasteiger partial charge >= 0.3 is 0 Å². The molecule has 1 aliphatic rings. The van der Waals surface area contributed by atoms with E-state index < -0.39 is 5.91 Å². The second-order valence-electron chi connectivity index (χ2n) is 5.64. The fourth-order valence-electron chi connectivity index (χ4n) is 2.54. The standard InChI is InChI=1S/C17H20N4O2/c1-12-4-2-3-5-15(12)20-17(23)14(10-18)11-21-8-6-13(7-9-21)16(19)22/h2-5,11,13H,6-9H2,1H3,(H2,19,22)(H,20,23)/b14-11-. The monoisotopic (exact) mass is 312 g/mol. The molecule has 0 spiro atoms. The van der Waals surface area contributed by atoms with E-state index in [1.165, 1.54) is 0 Å². The van der Waals surface area contributed by atoms with Crippen molar-refractivity contribution in [3.63, 3.8) is 0 Å². The zero-order valence-corrected chi connectivity index (χ0v) is 13.1. The number of para-hydroxylation sites is 1. The molecule has 1 aromatic rings. The Bertz CT molecular complexity index is 667. The summed E-state index contributed by atoms with van der Waals surface area (Å²) in [5.74, 6) is -0.837. The highest BCUT2D eigenvalue weighted by Gasteiger charge is 2.22. The highest BCUT2D eigenvalue weighted by atomic mass is 16.2. The van der Waals surface area contributed by atoms with Crippen LogP contribution in [0.15, 0.2) is 36.0 Å². The minimum Gasteiger partial charge on any atom is -0.376 e. The number of primary amides is 1. The van der Waals surface area contributed by atoms with Gasteiger partial charge in [0.15, 0.2) is 0 Å². The lowest BCUT2D eigenvalue weighted by Gasteiger charge is -2.29. The predicted molar refractivity (Wildman–Crippen MR) is 87.0 cm³/mol. The third kappa shape index (κ3) is 4.33. The van der Waals surface area contributed by atoms with Crippen molar-refractivity contribution in [1.82, 2.24) is 4.90 Å². The van der Waals surface area contributed by atoms with Crippen molar-refractivity contribution in [3.8, 4) is 6.07 Å². The largest absolute Gasteiger partial charge is 0.376 e. The molecule has 0 radical (unpaired) electrons. The number of amides is 2. The first-order chi connectivity index (χ1) is 11.0. The molecule has 6 nitrogen and oxygen atoms in total. The van der Waals surface area contributed by atoms with Crippen molar-refractivity contribution < 1.29 is 9.59 Å². The third-order valence-corrected chi connectivity index (χ3v) is 4.00. The number of rotatable bonds is 4. The average Bonchev–Trinajstić information content (AvgIpc) is 2.55. The molecular weight excluding hydrogens is 292 g/mol. The number of nitrogens with one attached hydrogen (secondary N) is 1. The number of carbonyl (C=O) groups excluding carboxylic acids is 2. The fraction of sp³-hybridized carbons (Fsp3) is 0.353. The molecule has 1 fully saturated rings. The number of carbonyl (C=O) groups is 2. The number of nitrogens with zero attached hydrogens (tertiary/aromatic N) is 2. The van der Waals surface area contributed by atoms with Crippen molar-refractivity contribution in [2.24, 2.45) is 11.7 Å². The van der Waals surface area contributed by atoms with E-state index in [0.717, 1.165) is 5.56 Å². The lowest BCUT2D eigenvalue weighted by atomic mass is 9.96. The number of aryl methyl sites for hydroxylation is 1. The molecule has 6 heteroatoms. The van der Waals surface area contributed by atoms with Gasteiger partial charge in [0.05, 0.1) is 0 Å². The summed E-state index contributed by atoms with van der Waals surface area (Å²) in [4.78, 5) is 25.3. The van der Waals surface area contributed by atoms with Crippen LogP contribution in [0.25, 0.3) is 0 Å². The number of nitrogens with two attached hydrogens (primary N) is 1. The molecule has 1 heterocycles. The molecule has 1 aromatic carbocycles. The van der Waals surface area contributed by atoms with Crippen LogP contribution in [0.3, 0.4) is 0 Å². The number of hydrogen-bond acceptors (Lipinski definition) is 4. The Balaban J connectivity index is 2.02. The van der Waals surface area contributed by atoms with Gasteiger partial charge in [-0.2, -0.15) is 5.26 Å². The van der Waals surface area contributed by atoms with Gasteiger partial charge in [-0.25, -0.2) is 0 Å². The van der Waals surface area contributed by atoms with Crippen LogP contribution < -0.4 is 11.1 Å².